The highest BCUT2D eigenvalue weighted by atomic mass is 16.5. The summed E-state index contributed by atoms with van der Waals surface area (Å²) in [5.41, 5.74) is 7.20. The molecule has 0 saturated heterocycles. The van der Waals surface area contributed by atoms with Crippen LogP contribution in [0.1, 0.15) is 29.9 Å². The van der Waals surface area contributed by atoms with Crippen LogP contribution in [0.25, 0.3) is 0 Å². The Morgan fingerprint density at radius 2 is 2.00 bits per heavy atom. The summed E-state index contributed by atoms with van der Waals surface area (Å²) in [5.74, 6) is -0.657. The van der Waals surface area contributed by atoms with Gasteiger partial charge in [-0.15, -0.1) is 5.10 Å². The first-order valence-corrected chi connectivity index (χ1v) is 7.18. The van der Waals surface area contributed by atoms with Crippen molar-refractivity contribution in [3.8, 4) is 0 Å². The number of benzene rings is 1. The van der Waals surface area contributed by atoms with Gasteiger partial charge in [0.25, 0.3) is 0 Å². The van der Waals surface area contributed by atoms with Gasteiger partial charge in [-0.05, 0) is 38.1 Å². The van der Waals surface area contributed by atoms with Gasteiger partial charge in [0.15, 0.2) is 0 Å². The number of ether oxygens (including phenoxy) is 1. The molecule has 0 spiro atoms. The molecule has 0 aliphatic rings. The Balaban J connectivity index is 1.95. The van der Waals surface area contributed by atoms with Gasteiger partial charge in [0.05, 0.1) is 23.6 Å². The second kappa shape index (κ2) is 7.50. The lowest BCUT2D eigenvalue weighted by atomic mass is 10.2. The average molecular weight is 317 g/mol. The van der Waals surface area contributed by atoms with Crippen molar-refractivity contribution in [2.24, 2.45) is 5.73 Å². The molecule has 23 heavy (non-hydrogen) atoms. The normalized spacial score (nSPS) is 10.6. The highest BCUT2D eigenvalue weighted by Gasteiger charge is 2.11. The third-order valence-electron chi connectivity index (χ3n) is 2.95. The minimum atomic E-state index is -0.395. The van der Waals surface area contributed by atoms with Crippen LogP contribution in [-0.4, -0.2) is 33.0 Å². The van der Waals surface area contributed by atoms with Crippen LogP contribution in [0.3, 0.4) is 0 Å². The number of anilines is 1. The molecule has 122 valence electrons. The third kappa shape index (κ3) is 4.62. The van der Waals surface area contributed by atoms with Crippen molar-refractivity contribution in [3.63, 3.8) is 0 Å². The molecular formula is C15H19N5O3. The molecule has 0 saturated carbocycles. The van der Waals surface area contributed by atoms with E-state index in [1.165, 1.54) is 10.9 Å². The van der Waals surface area contributed by atoms with Gasteiger partial charge in [0, 0.05) is 12.2 Å². The van der Waals surface area contributed by atoms with Crippen LogP contribution >= 0.6 is 0 Å². The van der Waals surface area contributed by atoms with Crippen molar-refractivity contribution < 1.29 is 14.3 Å². The van der Waals surface area contributed by atoms with Crippen molar-refractivity contribution in [2.45, 2.75) is 33.0 Å². The fraction of sp³-hybridized carbons (Fsp3) is 0.333. The van der Waals surface area contributed by atoms with Crippen LogP contribution in [0.4, 0.5) is 5.69 Å². The number of nitrogens with zero attached hydrogens (tertiary/aromatic N) is 3. The topological polar surface area (TPSA) is 112 Å². The molecule has 0 aliphatic carbocycles. The molecule has 0 atom stereocenters. The van der Waals surface area contributed by atoms with Crippen LogP contribution < -0.4 is 11.1 Å². The maximum atomic E-state index is 12.0. The summed E-state index contributed by atoms with van der Waals surface area (Å²) in [6, 6.07) is 6.47. The van der Waals surface area contributed by atoms with Gasteiger partial charge in [-0.25, -0.2) is 9.48 Å². The second-order valence-electron chi connectivity index (χ2n) is 5.17. The van der Waals surface area contributed by atoms with E-state index in [4.69, 9.17) is 10.5 Å². The Kier molecular flexibility index (Phi) is 5.42. The van der Waals surface area contributed by atoms with Crippen LogP contribution in [0.15, 0.2) is 30.5 Å². The quantitative estimate of drug-likeness (QED) is 0.767. The van der Waals surface area contributed by atoms with E-state index in [9.17, 15) is 9.59 Å². The molecule has 1 aromatic heterocycles. The molecule has 0 radical (unpaired) electrons. The van der Waals surface area contributed by atoms with Gasteiger partial charge < -0.3 is 15.8 Å². The first-order valence-electron chi connectivity index (χ1n) is 7.18. The molecule has 1 aromatic carbocycles. The number of hydrogen-bond acceptors (Lipinski definition) is 6. The number of nitrogens with one attached hydrogen (secondary N) is 1. The van der Waals surface area contributed by atoms with E-state index in [-0.39, 0.29) is 25.1 Å². The summed E-state index contributed by atoms with van der Waals surface area (Å²) >= 11 is 0. The molecule has 0 aliphatic heterocycles. The van der Waals surface area contributed by atoms with Gasteiger partial charge in [0.2, 0.25) is 5.91 Å². The molecule has 2 aromatic rings. The number of carbonyl (C=O) groups excluding carboxylic acids is 2. The predicted octanol–water partition coefficient (Wildman–Crippen LogP) is 0.941. The molecule has 8 heteroatoms. The Bertz CT molecular complexity index is 679. The molecule has 1 amide bonds. The summed E-state index contributed by atoms with van der Waals surface area (Å²) in [7, 11) is 0. The molecule has 1 heterocycles. The van der Waals surface area contributed by atoms with Crippen molar-refractivity contribution in [1.82, 2.24) is 15.0 Å². The molecule has 2 rings (SSSR count). The van der Waals surface area contributed by atoms with Crippen molar-refractivity contribution in [3.05, 3.63) is 41.7 Å². The van der Waals surface area contributed by atoms with Gasteiger partial charge in [-0.3, -0.25) is 4.79 Å². The lowest BCUT2D eigenvalue weighted by Gasteiger charge is -2.09. The average Bonchev–Trinajstić information content (AvgIpc) is 2.94. The Hall–Kier alpha value is -2.74. The Morgan fingerprint density at radius 1 is 1.30 bits per heavy atom. The maximum Gasteiger partial charge on any atom is 0.338 e. The smallest absolute Gasteiger partial charge is 0.338 e. The largest absolute Gasteiger partial charge is 0.459 e. The van der Waals surface area contributed by atoms with Crippen LogP contribution in [0, 0.1) is 0 Å². The van der Waals surface area contributed by atoms with Gasteiger partial charge in [-0.1, -0.05) is 5.21 Å². The lowest BCUT2D eigenvalue weighted by molar-refractivity contribution is -0.117. The van der Waals surface area contributed by atoms with E-state index < -0.39 is 5.97 Å². The van der Waals surface area contributed by atoms with Gasteiger partial charge in [-0.2, -0.15) is 0 Å². The van der Waals surface area contributed by atoms with Crippen LogP contribution in [-0.2, 0) is 22.6 Å². The summed E-state index contributed by atoms with van der Waals surface area (Å²) in [6.45, 7) is 3.84. The van der Waals surface area contributed by atoms with E-state index in [1.54, 1.807) is 38.1 Å². The fourth-order valence-electron chi connectivity index (χ4n) is 1.88. The SMILES string of the molecule is CC(C)OC(=O)c1ccc(NC(=O)Cn2nncc2CN)cc1. The number of esters is 1. The summed E-state index contributed by atoms with van der Waals surface area (Å²) in [4.78, 5) is 23.7. The number of amides is 1. The monoisotopic (exact) mass is 317 g/mol. The molecule has 0 unspecified atom stereocenters. The highest BCUT2D eigenvalue weighted by Crippen LogP contribution is 2.11. The zero-order chi connectivity index (χ0) is 16.8. The minimum absolute atomic E-state index is 0.0175. The molecule has 0 bridgehead atoms. The number of nitrogens with two attached hydrogens (primary N) is 1. The lowest BCUT2D eigenvalue weighted by Crippen LogP contribution is -2.21. The van der Waals surface area contributed by atoms with E-state index in [1.807, 2.05) is 0 Å². The van der Waals surface area contributed by atoms with E-state index in [2.05, 4.69) is 15.6 Å². The molecule has 8 nitrogen and oxygen atoms in total. The number of aromatic nitrogens is 3. The predicted molar refractivity (Wildman–Crippen MR) is 83.5 cm³/mol. The summed E-state index contributed by atoms with van der Waals surface area (Å²) in [5, 5.41) is 10.2. The van der Waals surface area contributed by atoms with E-state index in [0.717, 1.165) is 0 Å². The van der Waals surface area contributed by atoms with Gasteiger partial charge in [0.1, 0.15) is 6.54 Å². The summed E-state index contributed by atoms with van der Waals surface area (Å²) in [6.07, 6.45) is 1.34. The zero-order valence-corrected chi connectivity index (χ0v) is 13.0. The molecular weight excluding hydrogens is 298 g/mol. The highest BCUT2D eigenvalue weighted by molar-refractivity contribution is 5.93. The minimum Gasteiger partial charge on any atom is -0.459 e. The van der Waals surface area contributed by atoms with Crippen molar-refractivity contribution in [1.29, 1.82) is 0 Å². The standard InChI is InChI=1S/C15H19N5O3/c1-10(2)23-15(22)11-3-5-12(6-4-11)18-14(21)9-20-13(7-16)8-17-19-20/h3-6,8,10H,7,9,16H2,1-2H3,(H,18,21). The number of carbonyl (C=O) groups is 2. The van der Waals surface area contributed by atoms with Crippen molar-refractivity contribution >= 4 is 17.6 Å². The zero-order valence-electron chi connectivity index (χ0n) is 13.0. The molecule has 0 fully saturated rings. The van der Waals surface area contributed by atoms with Gasteiger partial charge >= 0.3 is 5.97 Å². The Labute approximate surface area is 133 Å². The fourth-order valence-corrected chi connectivity index (χ4v) is 1.88. The van der Waals surface area contributed by atoms with E-state index >= 15 is 0 Å². The van der Waals surface area contributed by atoms with Crippen molar-refractivity contribution in [2.75, 3.05) is 5.32 Å². The number of hydrogen-bond donors (Lipinski definition) is 2. The van der Waals surface area contributed by atoms with Crippen LogP contribution in [0.2, 0.25) is 0 Å². The summed E-state index contributed by atoms with van der Waals surface area (Å²) < 4.78 is 6.53. The number of rotatable bonds is 6. The Morgan fingerprint density at radius 3 is 2.61 bits per heavy atom. The van der Waals surface area contributed by atoms with E-state index in [0.29, 0.717) is 16.9 Å². The second-order valence-corrected chi connectivity index (χ2v) is 5.17. The van der Waals surface area contributed by atoms with Crippen LogP contribution in [0.5, 0.6) is 0 Å². The first-order chi connectivity index (χ1) is 11.0. The molecule has 3 N–H and O–H groups in total. The first kappa shape index (κ1) is 16.6. The maximum absolute atomic E-state index is 12.0. The third-order valence-corrected chi connectivity index (χ3v) is 2.95.